The molecule has 0 bridgehead atoms. The number of aromatic nitrogens is 3. The van der Waals surface area contributed by atoms with Crippen LogP contribution in [0.5, 0.6) is 0 Å². The number of rotatable bonds is 4. The molecule has 0 saturated heterocycles. The highest BCUT2D eigenvalue weighted by Crippen LogP contribution is 2.14. The molecule has 1 N–H and O–H groups in total. The van der Waals surface area contributed by atoms with E-state index in [2.05, 4.69) is 20.3 Å². The van der Waals surface area contributed by atoms with Crippen molar-refractivity contribution in [1.82, 2.24) is 15.0 Å². The van der Waals surface area contributed by atoms with E-state index >= 15 is 0 Å². The molecule has 0 aliphatic heterocycles. The molecule has 0 saturated carbocycles. The number of amides is 1. The summed E-state index contributed by atoms with van der Waals surface area (Å²) in [7, 11) is 0. The van der Waals surface area contributed by atoms with Gasteiger partial charge in [-0.05, 0) is 30.7 Å². The molecule has 2 aromatic heterocycles. The Morgan fingerprint density at radius 1 is 1.08 bits per heavy atom. The molecule has 0 atom stereocenters. The number of carbonyl (C=O) groups is 2. The van der Waals surface area contributed by atoms with E-state index in [4.69, 9.17) is 4.74 Å². The largest absolute Gasteiger partial charge is 0.452 e. The predicted octanol–water partition coefficient (Wildman–Crippen LogP) is 2.13. The molecule has 1 amide bonds. The third-order valence-corrected chi connectivity index (χ3v) is 3.23. The maximum Gasteiger partial charge on any atom is 0.340 e. The summed E-state index contributed by atoms with van der Waals surface area (Å²) in [6.07, 6.45) is 4.67. The van der Waals surface area contributed by atoms with Gasteiger partial charge < -0.3 is 10.1 Å². The summed E-state index contributed by atoms with van der Waals surface area (Å²) in [5, 5.41) is 2.56. The Hall–Kier alpha value is -3.35. The van der Waals surface area contributed by atoms with E-state index in [9.17, 15) is 9.59 Å². The first-order valence-corrected chi connectivity index (χ1v) is 7.23. The molecule has 3 aromatic rings. The molecule has 0 unspecified atom stereocenters. The molecule has 0 spiro atoms. The van der Waals surface area contributed by atoms with Crippen LogP contribution in [0.3, 0.4) is 0 Å². The molecule has 0 fully saturated rings. The first-order chi connectivity index (χ1) is 11.6. The Kier molecular flexibility index (Phi) is 4.42. The number of anilines is 1. The van der Waals surface area contributed by atoms with Gasteiger partial charge in [0.05, 0.1) is 11.1 Å². The van der Waals surface area contributed by atoms with Crippen LogP contribution < -0.4 is 5.32 Å². The number of benzene rings is 1. The van der Waals surface area contributed by atoms with Crippen LogP contribution >= 0.6 is 0 Å². The molecular weight excluding hydrogens is 308 g/mol. The van der Waals surface area contributed by atoms with E-state index in [0.29, 0.717) is 16.9 Å². The molecule has 2 heterocycles. The van der Waals surface area contributed by atoms with E-state index in [1.807, 2.05) is 13.0 Å². The molecular formula is C17H14N4O3. The maximum absolute atomic E-state index is 12.2. The van der Waals surface area contributed by atoms with Crippen LogP contribution in [-0.4, -0.2) is 33.4 Å². The molecule has 7 nitrogen and oxygen atoms in total. The number of aryl methyl sites for hydroxylation is 1. The van der Waals surface area contributed by atoms with Crippen molar-refractivity contribution in [2.24, 2.45) is 0 Å². The Labute approximate surface area is 137 Å². The van der Waals surface area contributed by atoms with Crippen molar-refractivity contribution in [2.45, 2.75) is 6.92 Å². The fourth-order valence-electron chi connectivity index (χ4n) is 2.09. The third kappa shape index (κ3) is 3.52. The fourth-order valence-corrected chi connectivity index (χ4v) is 2.09. The number of nitrogens with zero attached hydrogens (tertiary/aromatic N) is 3. The first kappa shape index (κ1) is 15.5. The average Bonchev–Trinajstić information content (AvgIpc) is 2.61. The lowest BCUT2D eigenvalue weighted by atomic mass is 10.2. The highest BCUT2D eigenvalue weighted by atomic mass is 16.5. The smallest absolute Gasteiger partial charge is 0.340 e. The normalized spacial score (nSPS) is 10.4. The number of carbonyl (C=O) groups excluding carboxylic acids is 2. The third-order valence-electron chi connectivity index (χ3n) is 3.23. The number of hydrogen-bond acceptors (Lipinski definition) is 6. The maximum atomic E-state index is 12.2. The highest BCUT2D eigenvalue weighted by molar-refractivity contribution is 6.02. The van der Waals surface area contributed by atoms with Gasteiger partial charge in [-0.3, -0.25) is 14.8 Å². The summed E-state index contributed by atoms with van der Waals surface area (Å²) in [6.45, 7) is 1.48. The van der Waals surface area contributed by atoms with Crippen molar-refractivity contribution in [3.05, 3.63) is 60.0 Å². The summed E-state index contributed by atoms with van der Waals surface area (Å²) >= 11 is 0. The van der Waals surface area contributed by atoms with Gasteiger partial charge in [0, 0.05) is 18.6 Å². The summed E-state index contributed by atoms with van der Waals surface area (Å²) in [6, 6.07) is 8.51. The van der Waals surface area contributed by atoms with E-state index < -0.39 is 18.5 Å². The Bertz CT molecular complexity index is 888. The lowest BCUT2D eigenvalue weighted by Crippen LogP contribution is -2.21. The van der Waals surface area contributed by atoms with E-state index in [1.165, 1.54) is 6.20 Å². The van der Waals surface area contributed by atoms with Crippen molar-refractivity contribution in [2.75, 3.05) is 11.9 Å². The summed E-state index contributed by atoms with van der Waals surface area (Å²) in [5.41, 5.74) is 2.27. The number of hydrogen-bond donors (Lipinski definition) is 1. The zero-order chi connectivity index (χ0) is 16.9. The fraction of sp³-hybridized carbons (Fsp3) is 0.118. The minimum atomic E-state index is -0.631. The van der Waals surface area contributed by atoms with Crippen molar-refractivity contribution < 1.29 is 14.3 Å². The van der Waals surface area contributed by atoms with Crippen molar-refractivity contribution in [1.29, 1.82) is 0 Å². The van der Waals surface area contributed by atoms with Crippen LogP contribution in [-0.2, 0) is 9.53 Å². The Balaban J connectivity index is 1.64. The number of pyridine rings is 1. The predicted molar refractivity (Wildman–Crippen MR) is 87.4 cm³/mol. The second-order valence-electron chi connectivity index (χ2n) is 5.07. The minimum Gasteiger partial charge on any atom is -0.452 e. The van der Waals surface area contributed by atoms with E-state index in [1.54, 1.807) is 36.7 Å². The lowest BCUT2D eigenvalue weighted by molar-refractivity contribution is -0.119. The van der Waals surface area contributed by atoms with Gasteiger partial charge in [-0.2, -0.15) is 0 Å². The molecule has 120 valence electrons. The number of nitrogens with one attached hydrogen (secondary N) is 1. The van der Waals surface area contributed by atoms with Crippen molar-refractivity contribution >= 4 is 28.7 Å². The summed E-state index contributed by atoms with van der Waals surface area (Å²) in [5.74, 6) is -0.697. The van der Waals surface area contributed by atoms with Crippen LogP contribution in [0.25, 0.3) is 11.0 Å². The average molecular weight is 322 g/mol. The Morgan fingerprint density at radius 2 is 1.92 bits per heavy atom. The topological polar surface area (TPSA) is 94.1 Å². The molecule has 0 aliphatic carbocycles. The van der Waals surface area contributed by atoms with Crippen LogP contribution in [0.1, 0.15) is 15.9 Å². The van der Waals surface area contributed by atoms with Gasteiger partial charge in [0.15, 0.2) is 6.61 Å². The highest BCUT2D eigenvalue weighted by Gasteiger charge is 2.14. The number of fused-ring (bicyclic) bond motifs is 1. The van der Waals surface area contributed by atoms with Crippen LogP contribution in [0, 0.1) is 6.92 Å². The molecule has 24 heavy (non-hydrogen) atoms. The van der Waals surface area contributed by atoms with Gasteiger partial charge in [-0.25, -0.2) is 9.78 Å². The SMILES string of the molecule is Cc1ccc(NC(=O)COC(=O)c2cccc3nccnc23)nc1. The monoisotopic (exact) mass is 322 g/mol. The van der Waals surface area contributed by atoms with Crippen LogP contribution in [0.4, 0.5) is 5.82 Å². The van der Waals surface area contributed by atoms with Gasteiger partial charge in [0.25, 0.3) is 5.91 Å². The number of ether oxygens (including phenoxy) is 1. The standard InChI is InChI=1S/C17H14N4O3/c1-11-5-6-14(20-9-11)21-15(22)10-24-17(23)12-3-2-4-13-16(12)19-8-7-18-13/h2-9H,10H2,1H3,(H,20,21,22). The minimum absolute atomic E-state index is 0.266. The van der Waals surface area contributed by atoms with Gasteiger partial charge in [0.1, 0.15) is 11.3 Å². The zero-order valence-electron chi connectivity index (χ0n) is 12.9. The summed E-state index contributed by atoms with van der Waals surface area (Å²) in [4.78, 5) is 36.3. The van der Waals surface area contributed by atoms with Gasteiger partial charge in [-0.1, -0.05) is 12.1 Å². The molecule has 7 heteroatoms. The molecule has 0 radical (unpaired) electrons. The van der Waals surface area contributed by atoms with Gasteiger partial charge in [0.2, 0.25) is 0 Å². The second kappa shape index (κ2) is 6.82. The number of esters is 1. The van der Waals surface area contributed by atoms with E-state index in [0.717, 1.165) is 5.56 Å². The second-order valence-corrected chi connectivity index (χ2v) is 5.07. The van der Waals surface area contributed by atoms with Gasteiger partial charge >= 0.3 is 5.97 Å². The number of para-hydroxylation sites is 1. The van der Waals surface area contributed by atoms with Crippen molar-refractivity contribution in [3.63, 3.8) is 0 Å². The Morgan fingerprint density at radius 3 is 2.71 bits per heavy atom. The summed E-state index contributed by atoms with van der Waals surface area (Å²) < 4.78 is 5.05. The molecule has 3 rings (SSSR count). The molecule has 1 aromatic carbocycles. The molecule has 0 aliphatic rings. The first-order valence-electron chi connectivity index (χ1n) is 7.23. The van der Waals surface area contributed by atoms with Crippen LogP contribution in [0.2, 0.25) is 0 Å². The van der Waals surface area contributed by atoms with E-state index in [-0.39, 0.29) is 5.56 Å². The lowest BCUT2D eigenvalue weighted by Gasteiger charge is -2.07. The zero-order valence-corrected chi connectivity index (χ0v) is 12.9. The van der Waals surface area contributed by atoms with Crippen LogP contribution in [0.15, 0.2) is 48.9 Å². The van der Waals surface area contributed by atoms with Crippen molar-refractivity contribution in [3.8, 4) is 0 Å². The van der Waals surface area contributed by atoms with Gasteiger partial charge in [-0.15, -0.1) is 0 Å². The quantitative estimate of drug-likeness (QED) is 0.740.